The van der Waals surface area contributed by atoms with E-state index in [2.05, 4.69) is 10.2 Å². The van der Waals surface area contributed by atoms with E-state index < -0.39 is 22.1 Å². The fourth-order valence-electron chi connectivity index (χ4n) is 4.08. The molecule has 0 spiro atoms. The number of carbonyl (C=O) groups is 1. The molecule has 4 rings (SSSR count). The zero-order valence-electron chi connectivity index (χ0n) is 20.7. The van der Waals surface area contributed by atoms with Crippen molar-refractivity contribution in [1.29, 1.82) is 5.41 Å². The summed E-state index contributed by atoms with van der Waals surface area (Å²) in [6.07, 6.45) is -0.598. The first kappa shape index (κ1) is 28.1. The van der Waals surface area contributed by atoms with Gasteiger partial charge in [-0.3, -0.25) is 15.1 Å². The van der Waals surface area contributed by atoms with Crippen LogP contribution in [0.25, 0.3) is 10.8 Å². The molecule has 1 heterocycles. The lowest BCUT2D eigenvalue weighted by Crippen LogP contribution is -2.50. The molecule has 0 saturated carbocycles. The summed E-state index contributed by atoms with van der Waals surface area (Å²) in [4.78, 5) is 11.4. The molecular formula is C26H33N5O5S. The van der Waals surface area contributed by atoms with Gasteiger partial charge in [-0.05, 0) is 35.7 Å². The molecule has 3 aromatic rings. The molecule has 6 N–H and O–H groups in total. The number of amidine groups is 1. The quantitative estimate of drug-likeness (QED) is 0.220. The third-order valence-corrected chi connectivity index (χ3v) is 7.86. The number of benzene rings is 3. The van der Waals surface area contributed by atoms with Gasteiger partial charge in [0.05, 0.1) is 11.0 Å². The van der Waals surface area contributed by atoms with Crippen molar-refractivity contribution in [3.63, 3.8) is 0 Å². The molecule has 10 nitrogen and oxygen atoms in total. The number of aliphatic carboxylic acids is 1. The minimum absolute atomic E-state index is 0.0168. The van der Waals surface area contributed by atoms with Crippen molar-refractivity contribution in [2.24, 2.45) is 5.73 Å². The Labute approximate surface area is 216 Å². The maximum absolute atomic E-state index is 13.3. The van der Waals surface area contributed by atoms with Gasteiger partial charge < -0.3 is 21.3 Å². The molecular weight excluding hydrogens is 494 g/mol. The molecule has 1 saturated heterocycles. The second kappa shape index (κ2) is 12.6. The lowest BCUT2D eigenvalue weighted by molar-refractivity contribution is -0.134. The van der Waals surface area contributed by atoms with E-state index in [1.54, 1.807) is 24.3 Å². The second-order valence-electron chi connectivity index (χ2n) is 8.73. The molecule has 1 fully saturated rings. The lowest BCUT2D eigenvalue weighted by Gasteiger charge is -2.35. The number of β-amino-alcohol motifs (C(OH)–C–C–N with tert-alkyl or cyclic N) is 1. The zero-order valence-corrected chi connectivity index (χ0v) is 21.5. The molecule has 0 amide bonds. The van der Waals surface area contributed by atoms with E-state index in [0.717, 1.165) is 23.4 Å². The van der Waals surface area contributed by atoms with Gasteiger partial charge in [-0.15, -0.1) is 0 Å². The van der Waals surface area contributed by atoms with Crippen LogP contribution < -0.4 is 11.1 Å². The van der Waals surface area contributed by atoms with Crippen LogP contribution in [0, 0.1) is 5.41 Å². The number of anilines is 1. The van der Waals surface area contributed by atoms with Gasteiger partial charge in [0.15, 0.2) is 0 Å². The monoisotopic (exact) mass is 527 g/mol. The van der Waals surface area contributed by atoms with Gasteiger partial charge in [-0.1, -0.05) is 36.4 Å². The number of piperazine rings is 1. The number of hydrogen-bond donors (Lipinski definition) is 5. The summed E-state index contributed by atoms with van der Waals surface area (Å²) in [6.45, 7) is 3.81. The summed E-state index contributed by atoms with van der Waals surface area (Å²) in [5.41, 5.74) is 6.95. The van der Waals surface area contributed by atoms with E-state index in [-0.39, 0.29) is 5.84 Å². The Morgan fingerprint density at radius 3 is 2.24 bits per heavy atom. The fraction of sp³-hybridized carbons (Fsp3) is 0.308. The molecule has 0 radical (unpaired) electrons. The van der Waals surface area contributed by atoms with Crippen LogP contribution in [0.3, 0.4) is 0 Å². The Hall–Kier alpha value is -3.51. The number of aliphatic hydroxyl groups is 1. The fourth-order valence-corrected chi connectivity index (χ4v) is 5.71. The Morgan fingerprint density at radius 1 is 1.03 bits per heavy atom. The van der Waals surface area contributed by atoms with Crippen molar-refractivity contribution in [3.8, 4) is 0 Å². The van der Waals surface area contributed by atoms with Crippen molar-refractivity contribution in [3.05, 3.63) is 72.3 Å². The smallest absolute Gasteiger partial charge is 0.300 e. The van der Waals surface area contributed by atoms with Crippen LogP contribution in [-0.2, 0) is 14.8 Å². The van der Waals surface area contributed by atoms with E-state index in [9.17, 15) is 13.5 Å². The van der Waals surface area contributed by atoms with Gasteiger partial charge in [-0.25, -0.2) is 8.42 Å². The highest BCUT2D eigenvalue weighted by molar-refractivity contribution is 7.89. The molecule has 37 heavy (non-hydrogen) atoms. The van der Waals surface area contributed by atoms with E-state index in [1.807, 2.05) is 42.5 Å². The normalized spacial score (nSPS) is 15.4. The molecule has 0 bridgehead atoms. The molecule has 0 aromatic heterocycles. The molecule has 11 heteroatoms. The third kappa shape index (κ3) is 7.73. The minimum Gasteiger partial charge on any atom is -0.481 e. The second-order valence-corrected chi connectivity index (χ2v) is 10.6. The number of fused-ring (bicyclic) bond motifs is 1. The summed E-state index contributed by atoms with van der Waals surface area (Å²) in [6, 6.07) is 20.0. The Balaban J connectivity index is 0.000000886. The van der Waals surface area contributed by atoms with Crippen molar-refractivity contribution in [1.82, 2.24) is 9.21 Å². The van der Waals surface area contributed by atoms with Crippen LogP contribution in [0.1, 0.15) is 12.5 Å². The largest absolute Gasteiger partial charge is 0.481 e. The SMILES string of the molecule is CC(=O)O.N=C(N)c1ccc(NCC(O)CN2CCN(S(=O)(=O)c3cccc4ccccc34)CC2)cc1. The minimum atomic E-state index is -3.59. The van der Waals surface area contributed by atoms with Crippen LogP contribution in [0.5, 0.6) is 0 Å². The van der Waals surface area contributed by atoms with Crippen molar-refractivity contribution in [2.75, 3.05) is 44.6 Å². The van der Waals surface area contributed by atoms with Gasteiger partial charge in [0.1, 0.15) is 5.84 Å². The highest BCUT2D eigenvalue weighted by atomic mass is 32.2. The average molecular weight is 528 g/mol. The highest BCUT2D eigenvalue weighted by Gasteiger charge is 2.30. The summed E-state index contributed by atoms with van der Waals surface area (Å²) in [7, 11) is -3.59. The van der Waals surface area contributed by atoms with Gasteiger partial charge >= 0.3 is 0 Å². The standard InChI is InChI=1S/C24H29N5O3S.C2H4O2/c25-24(26)19-8-10-20(11-9-19)27-16-21(30)17-28-12-14-29(15-13-28)33(31,32)23-7-3-5-18-4-1-2-6-22(18)23;1-2(3)4/h1-11,21,27,30H,12-17H2,(H3,25,26);1H3,(H,3,4). The van der Waals surface area contributed by atoms with E-state index in [4.69, 9.17) is 21.0 Å². The molecule has 198 valence electrons. The summed E-state index contributed by atoms with van der Waals surface area (Å²) >= 11 is 0. The van der Waals surface area contributed by atoms with Crippen LogP contribution in [-0.4, -0.2) is 85.0 Å². The third-order valence-electron chi connectivity index (χ3n) is 5.91. The van der Waals surface area contributed by atoms with Crippen molar-refractivity contribution in [2.45, 2.75) is 17.9 Å². The predicted octanol–water partition coefficient (Wildman–Crippen LogP) is 1.99. The van der Waals surface area contributed by atoms with Gasteiger partial charge in [-0.2, -0.15) is 4.31 Å². The predicted molar refractivity (Wildman–Crippen MR) is 144 cm³/mol. The Bertz CT molecular complexity index is 1310. The number of nitrogens with zero attached hydrogens (tertiary/aromatic N) is 2. The van der Waals surface area contributed by atoms with Gasteiger partial charge in [0.25, 0.3) is 5.97 Å². The number of nitrogens with two attached hydrogens (primary N) is 1. The first-order valence-corrected chi connectivity index (χ1v) is 13.3. The zero-order chi connectivity index (χ0) is 27.0. The molecule has 0 aliphatic carbocycles. The maximum atomic E-state index is 13.3. The van der Waals surface area contributed by atoms with Crippen LogP contribution in [0.4, 0.5) is 5.69 Å². The van der Waals surface area contributed by atoms with Crippen LogP contribution in [0.2, 0.25) is 0 Å². The number of nitrogens with one attached hydrogen (secondary N) is 2. The van der Waals surface area contributed by atoms with Crippen LogP contribution in [0.15, 0.2) is 71.6 Å². The number of carboxylic acids is 1. The number of nitrogen functional groups attached to an aromatic ring is 1. The first-order valence-electron chi connectivity index (χ1n) is 11.8. The molecule has 1 unspecified atom stereocenters. The topological polar surface area (TPSA) is 160 Å². The lowest BCUT2D eigenvalue weighted by atomic mass is 10.1. The van der Waals surface area contributed by atoms with Crippen LogP contribution >= 0.6 is 0 Å². The number of hydrogen-bond acceptors (Lipinski definition) is 7. The highest BCUT2D eigenvalue weighted by Crippen LogP contribution is 2.26. The average Bonchev–Trinajstić information content (AvgIpc) is 2.87. The molecule has 1 atom stereocenters. The maximum Gasteiger partial charge on any atom is 0.300 e. The molecule has 3 aromatic carbocycles. The van der Waals surface area contributed by atoms with Gasteiger partial charge in [0.2, 0.25) is 10.0 Å². The number of carboxylic acid groups (broad SMARTS) is 1. The van der Waals surface area contributed by atoms with Crippen molar-refractivity contribution >= 4 is 38.3 Å². The van der Waals surface area contributed by atoms with E-state index in [1.165, 1.54) is 4.31 Å². The van der Waals surface area contributed by atoms with Gasteiger partial charge in [0, 0.05) is 62.8 Å². The number of sulfonamides is 1. The Kier molecular flexibility index (Phi) is 9.59. The number of rotatable bonds is 8. The molecule has 1 aliphatic heterocycles. The van der Waals surface area contributed by atoms with E-state index in [0.29, 0.717) is 49.7 Å². The summed E-state index contributed by atoms with van der Waals surface area (Å²) in [5, 5.41) is 30.1. The molecule has 1 aliphatic rings. The van der Waals surface area contributed by atoms with Crippen molar-refractivity contribution < 1.29 is 23.4 Å². The summed E-state index contributed by atoms with van der Waals surface area (Å²) < 4.78 is 28.1. The Morgan fingerprint density at radius 2 is 1.62 bits per heavy atom. The van der Waals surface area contributed by atoms with E-state index >= 15 is 0 Å². The first-order chi connectivity index (χ1) is 17.6. The number of aliphatic hydroxyl groups excluding tert-OH is 1. The summed E-state index contributed by atoms with van der Waals surface area (Å²) in [5.74, 6) is -0.816.